The van der Waals surface area contributed by atoms with Gasteiger partial charge in [-0.15, -0.1) is 11.3 Å². The average Bonchev–Trinajstić information content (AvgIpc) is 3.15. The Morgan fingerprint density at radius 3 is 2.66 bits per heavy atom. The van der Waals surface area contributed by atoms with Crippen molar-refractivity contribution >= 4 is 39.0 Å². The first kappa shape index (κ1) is 19.1. The second-order valence-corrected chi connectivity index (χ2v) is 8.15. The highest BCUT2D eigenvalue weighted by Gasteiger charge is 2.16. The summed E-state index contributed by atoms with van der Waals surface area (Å²) >= 11 is 1.63. The number of carbonyl (C=O) groups is 1. The highest BCUT2D eigenvalue weighted by molar-refractivity contribution is 7.21. The largest absolute Gasteiger partial charge is 0.350 e. The molecule has 0 saturated heterocycles. The van der Waals surface area contributed by atoms with Crippen molar-refractivity contribution < 1.29 is 4.79 Å². The van der Waals surface area contributed by atoms with Crippen molar-refractivity contribution in [2.24, 2.45) is 0 Å². The maximum absolute atomic E-state index is 12.6. The summed E-state index contributed by atoms with van der Waals surface area (Å²) < 4.78 is 0. The van der Waals surface area contributed by atoms with Crippen molar-refractivity contribution in [3.8, 4) is 10.4 Å². The SMILES string of the molecule is Cc1ccc(C)c(NC(=O)CN(C)c2ncnc3sc(-c4ccccc4)cc23)c1. The van der Waals surface area contributed by atoms with Crippen LogP contribution in [0.4, 0.5) is 11.5 Å². The molecule has 0 spiro atoms. The fourth-order valence-electron chi connectivity index (χ4n) is 3.24. The molecule has 0 bridgehead atoms. The van der Waals surface area contributed by atoms with Crippen LogP contribution in [0, 0.1) is 13.8 Å². The fraction of sp³-hybridized carbons (Fsp3) is 0.174. The predicted octanol–water partition coefficient (Wildman–Crippen LogP) is 5.05. The third-order valence-corrected chi connectivity index (χ3v) is 5.87. The summed E-state index contributed by atoms with van der Waals surface area (Å²) in [5, 5.41) is 3.97. The van der Waals surface area contributed by atoms with E-state index in [0.29, 0.717) is 0 Å². The molecule has 29 heavy (non-hydrogen) atoms. The Kier molecular flexibility index (Phi) is 5.27. The summed E-state index contributed by atoms with van der Waals surface area (Å²) in [6, 6.07) is 18.4. The van der Waals surface area contributed by atoms with E-state index in [9.17, 15) is 4.79 Å². The van der Waals surface area contributed by atoms with E-state index >= 15 is 0 Å². The van der Waals surface area contributed by atoms with Crippen LogP contribution in [0.3, 0.4) is 0 Å². The zero-order valence-corrected chi connectivity index (χ0v) is 17.5. The Bertz CT molecular complexity index is 1170. The normalized spacial score (nSPS) is 10.9. The number of hydrogen-bond acceptors (Lipinski definition) is 5. The lowest BCUT2D eigenvalue weighted by molar-refractivity contribution is -0.114. The molecule has 5 nitrogen and oxygen atoms in total. The number of anilines is 2. The van der Waals surface area contributed by atoms with Crippen LogP contribution >= 0.6 is 11.3 Å². The molecular weight excluding hydrogens is 380 g/mol. The van der Waals surface area contributed by atoms with Crippen molar-refractivity contribution in [1.82, 2.24) is 9.97 Å². The molecule has 4 rings (SSSR count). The van der Waals surface area contributed by atoms with Crippen molar-refractivity contribution in [2.45, 2.75) is 13.8 Å². The van der Waals surface area contributed by atoms with Gasteiger partial charge >= 0.3 is 0 Å². The van der Waals surface area contributed by atoms with E-state index in [0.717, 1.165) is 43.3 Å². The van der Waals surface area contributed by atoms with Gasteiger partial charge in [0.1, 0.15) is 17.0 Å². The molecule has 0 saturated carbocycles. The standard InChI is InChI=1S/C23H22N4OS/c1-15-9-10-16(2)19(11-15)26-21(28)13-27(3)22-18-12-20(17-7-5-4-6-8-17)29-23(18)25-14-24-22/h4-12,14H,13H2,1-3H3,(H,26,28). The number of amides is 1. The Morgan fingerprint density at radius 1 is 1.07 bits per heavy atom. The number of thiophene rings is 1. The topological polar surface area (TPSA) is 58.1 Å². The molecule has 146 valence electrons. The number of hydrogen-bond donors (Lipinski definition) is 1. The van der Waals surface area contributed by atoms with Gasteiger partial charge in [-0.2, -0.15) is 0 Å². The molecule has 2 heterocycles. The van der Waals surface area contributed by atoms with Crippen LogP contribution in [0.2, 0.25) is 0 Å². The van der Waals surface area contributed by atoms with Gasteiger partial charge in [0.05, 0.1) is 11.9 Å². The Balaban J connectivity index is 1.57. The van der Waals surface area contributed by atoms with Gasteiger partial charge in [0.25, 0.3) is 0 Å². The summed E-state index contributed by atoms with van der Waals surface area (Å²) in [5.41, 5.74) is 4.15. The summed E-state index contributed by atoms with van der Waals surface area (Å²) in [5.74, 6) is 0.677. The van der Waals surface area contributed by atoms with Crippen LogP contribution in [0.5, 0.6) is 0 Å². The maximum atomic E-state index is 12.6. The van der Waals surface area contributed by atoms with Crippen LogP contribution in [-0.4, -0.2) is 29.5 Å². The van der Waals surface area contributed by atoms with Gasteiger partial charge in [0.15, 0.2) is 0 Å². The van der Waals surface area contributed by atoms with Crippen LogP contribution < -0.4 is 10.2 Å². The number of carbonyl (C=O) groups excluding carboxylic acids is 1. The minimum Gasteiger partial charge on any atom is -0.350 e. The Hall–Kier alpha value is -3.25. The van der Waals surface area contributed by atoms with E-state index in [1.165, 1.54) is 0 Å². The zero-order valence-electron chi connectivity index (χ0n) is 16.6. The number of nitrogens with one attached hydrogen (secondary N) is 1. The summed E-state index contributed by atoms with van der Waals surface area (Å²) in [6.07, 6.45) is 1.56. The highest BCUT2D eigenvalue weighted by Crippen LogP contribution is 2.35. The molecule has 1 amide bonds. The van der Waals surface area contributed by atoms with Gasteiger partial charge in [-0.05, 0) is 42.7 Å². The average molecular weight is 403 g/mol. The molecule has 0 aliphatic heterocycles. The van der Waals surface area contributed by atoms with E-state index < -0.39 is 0 Å². The van der Waals surface area contributed by atoms with E-state index in [1.807, 2.05) is 62.2 Å². The number of fused-ring (bicyclic) bond motifs is 1. The number of likely N-dealkylation sites (N-methyl/N-ethyl adjacent to an activating group) is 1. The number of benzene rings is 2. The van der Waals surface area contributed by atoms with Gasteiger partial charge in [0.2, 0.25) is 5.91 Å². The lowest BCUT2D eigenvalue weighted by Gasteiger charge is -2.18. The second kappa shape index (κ2) is 8.01. The van der Waals surface area contributed by atoms with Gasteiger partial charge in [0, 0.05) is 17.6 Å². The molecule has 0 aliphatic carbocycles. The molecule has 0 aliphatic rings. The van der Waals surface area contributed by atoms with Crippen LogP contribution in [0.25, 0.3) is 20.7 Å². The number of nitrogens with zero attached hydrogens (tertiary/aromatic N) is 3. The summed E-state index contributed by atoms with van der Waals surface area (Å²) in [4.78, 5) is 25.4. The lowest BCUT2D eigenvalue weighted by Crippen LogP contribution is -2.31. The van der Waals surface area contributed by atoms with Gasteiger partial charge < -0.3 is 10.2 Å². The number of aryl methyl sites for hydroxylation is 2. The minimum absolute atomic E-state index is 0.0773. The number of aromatic nitrogens is 2. The summed E-state index contributed by atoms with van der Waals surface area (Å²) in [7, 11) is 1.88. The Labute approximate surface area is 174 Å². The van der Waals surface area contributed by atoms with Crippen molar-refractivity contribution in [1.29, 1.82) is 0 Å². The molecule has 0 atom stereocenters. The monoisotopic (exact) mass is 402 g/mol. The fourth-order valence-corrected chi connectivity index (χ4v) is 4.24. The molecule has 2 aromatic heterocycles. The first-order valence-corrected chi connectivity index (χ1v) is 10.2. The third kappa shape index (κ3) is 4.12. The van der Waals surface area contributed by atoms with Crippen LogP contribution in [0.1, 0.15) is 11.1 Å². The van der Waals surface area contributed by atoms with E-state index in [1.54, 1.807) is 17.7 Å². The minimum atomic E-state index is -0.0773. The molecule has 0 radical (unpaired) electrons. The first-order chi connectivity index (χ1) is 14.0. The maximum Gasteiger partial charge on any atom is 0.243 e. The predicted molar refractivity (Wildman–Crippen MR) is 121 cm³/mol. The third-order valence-electron chi connectivity index (χ3n) is 4.78. The van der Waals surface area contributed by atoms with Crippen LogP contribution in [0.15, 0.2) is 60.9 Å². The van der Waals surface area contributed by atoms with Gasteiger partial charge in [-0.3, -0.25) is 4.79 Å². The smallest absolute Gasteiger partial charge is 0.243 e. The van der Waals surface area contributed by atoms with Crippen molar-refractivity contribution in [2.75, 3.05) is 23.8 Å². The molecule has 1 N–H and O–H groups in total. The molecular formula is C23H22N4OS. The highest BCUT2D eigenvalue weighted by atomic mass is 32.1. The van der Waals surface area contributed by atoms with E-state index in [4.69, 9.17) is 0 Å². The van der Waals surface area contributed by atoms with Crippen molar-refractivity contribution in [3.05, 3.63) is 72.1 Å². The molecule has 0 unspecified atom stereocenters. The quantitative estimate of drug-likeness (QED) is 0.507. The Morgan fingerprint density at radius 2 is 1.86 bits per heavy atom. The molecule has 0 fully saturated rings. The molecule has 6 heteroatoms. The molecule has 4 aromatic rings. The van der Waals surface area contributed by atoms with Gasteiger partial charge in [-0.1, -0.05) is 42.5 Å². The van der Waals surface area contributed by atoms with Crippen LogP contribution in [-0.2, 0) is 4.79 Å². The first-order valence-electron chi connectivity index (χ1n) is 9.39. The van der Waals surface area contributed by atoms with Gasteiger partial charge in [-0.25, -0.2) is 9.97 Å². The lowest BCUT2D eigenvalue weighted by atomic mass is 10.1. The number of rotatable bonds is 5. The van der Waals surface area contributed by atoms with Crippen molar-refractivity contribution in [3.63, 3.8) is 0 Å². The summed E-state index contributed by atoms with van der Waals surface area (Å²) in [6.45, 7) is 4.21. The van der Waals surface area contributed by atoms with E-state index in [-0.39, 0.29) is 12.5 Å². The van der Waals surface area contributed by atoms with E-state index in [2.05, 4.69) is 33.5 Å². The second-order valence-electron chi connectivity index (χ2n) is 7.12. The molecule has 2 aromatic carbocycles. The zero-order chi connectivity index (χ0) is 20.4.